The number of fused-ring (bicyclic) bond motifs is 2. The number of hydrogen-bond acceptors (Lipinski definition) is 1. The quantitative estimate of drug-likeness (QED) is 0.382. The molecule has 2 heterocycles. The number of hydrogen-bond donors (Lipinski definition) is 0. The van der Waals surface area contributed by atoms with Crippen LogP contribution in [0.5, 0.6) is 0 Å². The Morgan fingerprint density at radius 2 is 1.53 bits per heavy atom. The third-order valence-electron chi connectivity index (χ3n) is 8.22. The van der Waals surface area contributed by atoms with E-state index in [1.807, 2.05) is 0 Å². The number of anilines is 1. The smallest absolute Gasteiger partial charge is 0.209 e. The average Bonchev–Trinajstić information content (AvgIpc) is 3.16. The van der Waals surface area contributed by atoms with Gasteiger partial charge in [0.15, 0.2) is 5.71 Å². The zero-order valence-corrected chi connectivity index (χ0v) is 22.6. The van der Waals surface area contributed by atoms with Crippen LogP contribution < -0.4 is 4.90 Å². The molecule has 2 aliphatic heterocycles. The number of nitrogens with zero attached hydrogens (tertiary/aromatic N) is 2. The van der Waals surface area contributed by atoms with Crippen LogP contribution in [0.15, 0.2) is 94.7 Å². The molecule has 0 atom stereocenters. The van der Waals surface area contributed by atoms with Crippen LogP contribution in [0.1, 0.15) is 65.5 Å². The van der Waals surface area contributed by atoms with Crippen molar-refractivity contribution in [3.05, 3.63) is 106 Å². The lowest BCUT2D eigenvalue weighted by Gasteiger charge is -2.24. The maximum absolute atomic E-state index is 7.01. The number of likely N-dealkylation sites (N-methyl/N-ethyl adjacent to an activating group) is 1. The summed E-state index contributed by atoms with van der Waals surface area (Å²) in [4.78, 5) is 2.32. The average molecular weight is 500 g/mol. The van der Waals surface area contributed by atoms with Crippen molar-refractivity contribution in [2.75, 3.05) is 19.0 Å². The Labute approximate surface area is 223 Å². The molecule has 0 fully saturated rings. The molecular formula is C33H40ClN2+. The first kappa shape index (κ1) is 26.2. The Morgan fingerprint density at radius 1 is 0.861 bits per heavy atom. The highest BCUT2D eigenvalue weighted by Gasteiger charge is 2.42. The predicted molar refractivity (Wildman–Crippen MR) is 157 cm³/mol. The lowest BCUT2D eigenvalue weighted by molar-refractivity contribution is -0.401. The molecule has 0 aromatic heterocycles. The Hall–Kier alpha value is -2.84. The fraction of sp³-hybridized carbons (Fsp3) is 0.364. The number of para-hydroxylation sites is 2. The van der Waals surface area contributed by atoms with E-state index < -0.39 is 0 Å². The molecule has 0 saturated carbocycles. The highest BCUT2D eigenvalue weighted by atomic mass is 35.5. The van der Waals surface area contributed by atoms with Gasteiger partial charge in [-0.1, -0.05) is 81.4 Å². The van der Waals surface area contributed by atoms with Gasteiger partial charge >= 0.3 is 0 Å². The molecule has 2 aromatic carbocycles. The molecule has 0 radical (unpaired) electrons. The minimum absolute atomic E-state index is 0. The summed E-state index contributed by atoms with van der Waals surface area (Å²) in [6, 6.07) is 17.4. The summed E-state index contributed by atoms with van der Waals surface area (Å²) in [7, 11) is 4.33. The molecule has 0 unspecified atom stereocenters. The van der Waals surface area contributed by atoms with Gasteiger partial charge in [0.1, 0.15) is 7.05 Å². The highest BCUT2D eigenvalue weighted by molar-refractivity contribution is 6.32. The van der Waals surface area contributed by atoms with Crippen LogP contribution in [0, 0.1) is 0 Å². The van der Waals surface area contributed by atoms with E-state index in [0.29, 0.717) is 0 Å². The summed E-state index contributed by atoms with van der Waals surface area (Å²) in [6.45, 7) is 9.23. The van der Waals surface area contributed by atoms with Crippen molar-refractivity contribution >= 4 is 28.7 Å². The van der Waals surface area contributed by atoms with Gasteiger partial charge in [-0.05, 0) is 62.0 Å². The van der Waals surface area contributed by atoms with Crippen molar-refractivity contribution in [2.45, 2.75) is 65.2 Å². The van der Waals surface area contributed by atoms with E-state index in [2.05, 4.69) is 124 Å². The normalized spacial score (nSPS) is 22.5. The van der Waals surface area contributed by atoms with E-state index in [1.165, 1.54) is 45.1 Å². The van der Waals surface area contributed by atoms with Gasteiger partial charge in [0.25, 0.3) is 0 Å². The number of allylic oxidation sites excluding steroid dienone is 8. The van der Waals surface area contributed by atoms with Crippen LogP contribution in [0.3, 0.4) is 0 Å². The van der Waals surface area contributed by atoms with Crippen molar-refractivity contribution in [3.63, 3.8) is 0 Å². The summed E-state index contributed by atoms with van der Waals surface area (Å²) in [6.07, 6.45) is 12.2. The summed E-state index contributed by atoms with van der Waals surface area (Å²) in [5, 5.41) is 0.914. The summed E-state index contributed by atoms with van der Waals surface area (Å²) in [5.74, 6) is 0. The molecule has 2 nitrogen and oxygen atoms in total. The van der Waals surface area contributed by atoms with Crippen molar-refractivity contribution in [3.8, 4) is 0 Å². The minimum atomic E-state index is -0.0275. The predicted octanol–water partition coefficient (Wildman–Crippen LogP) is 8.80. The monoisotopic (exact) mass is 499 g/mol. The SMILES string of the molecule is C.CN1C(=CC=C2CCCC(C=CC3=[N+](C)c4ccccc4C3(C)C)=C2Cl)C(C)(C)c2ccccc21. The van der Waals surface area contributed by atoms with Crippen molar-refractivity contribution in [1.82, 2.24) is 0 Å². The largest absolute Gasteiger partial charge is 0.347 e. The van der Waals surface area contributed by atoms with E-state index in [0.717, 1.165) is 24.3 Å². The first-order chi connectivity index (χ1) is 16.6. The van der Waals surface area contributed by atoms with Gasteiger partial charge in [0, 0.05) is 46.6 Å². The van der Waals surface area contributed by atoms with Crippen LogP contribution >= 0.6 is 11.6 Å². The van der Waals surface area contributed by atoms with E-state index in [-0.39, 0.29) is 18.3 Å². The lowest BCUT2D eigenvalue weighted by Crippen LogP contribution is -2.26. The van der Waals surface area contributed by atoms with Crippen LogP contribution in [-0.4, -0.2) is 24.4 Å². The van der Waals surface area contributed by atoms with Crippen molar-refractivity contribution in [2.24, 2.45) is 0 Å². The second-order valence-electron chi connectivity index (χ2n) is 11.1. The fourth-order valence-corrected chi connectivity index (χ4v) is 6.49. The molecule has 188 valence electrons. The first-order valence-corrected chi connectivity index (χ1v) is 13.0. The molecule has 0 N–H and O–H groups in total. The van der Waals surface area contributed by atoms with Gasteiger partial charge in [-0.15, -0.1) is 0 Å². The molecule has 0 bridgehead atoms. The highest BCUT2D eigenvalue weighted by Crippen LogP contribution is 2.47. The first-order valence-electron chi connectivity index (χ1n) is 12.7. The third-order valence-corrected chi connectivity index (χ3v) is 8.71. The second kappa shape index (κ2) is 9.56. The van der Waals surface area contributed by atoms with Gasteiger partial charge in [0.2, 0.25) is 5.69 Å². The maximum atomic E-state index is 7.01. The van der Waals surface area contributed by atoms with E-state index >= 15 is 0 Å². The van der Waals surface area contributed by atoms with Crippen LogP contribution in [0.2, 0.25) is 0 Å². The maximum Gasteiger partial charge on any atom is 0.209 e. The molecule has 3 aliphatic rings. The zero-order valence-electron chi connectivity index (χ0n) is 21.8. The van der Waals surface area contributed by atoms with Gasteiger partial charge in [-0.25, -0.2) is 0 Å². The Kier molecular flexibility index (Phi) is 6.96. The summed E-state index contributed by atoms with van der Waals surface area (Å²) < 4.78 is 2.32. The van der Waals surface area contributed by atoms with Gasteiger partial charge in [-0.2, -0.15) is 4.58 Å². The van der Waals surface area contributed by atoms with Gasteiger partial charge in [0.05, 0.1) is 5.41 Å². The van der Waals surface area contributed by atoms with Crippen LogP contribution in [-0.2, 0) is 10.8 Å². The van der Waals surface area contributed by atoms with E-state index in [4.69, 9.17) is 11.6 Å². The zero-order chi connectivity index (χ0) is 25.0. The Balaban J connectivity index is 0.00000304. The minimum Gasteiger partial charge on any atom is -0.347 e. The Morgan fingerprint density at radius 3 is 2.22 bits per heavy atom. The molecule has 1 aliphatic carbocycles. The summed E-state index contributed by atoms with van der Waals surface area (Å²) in [5.41, 5.74) is 10.4. The molecule has 2 aromatic rings. The number of halogens is 1. The van der Waals surface area contributed by atoms with E-state index in [1.54, 1.807) is 0 Å². The fourth-order valence-electron chi connectivity index (χ4n) is 6.17. The molecule has 36 heavy (non-hydrogen) atoms. The lowest BCUT2D eigenvalue weighted by atomic mass is 9.81. The van der Waals surface area contributed by atoms with Crippen molar-refractivity contribution < 1.29 is 4.58 Å². The van der Waals surface area contributed by atoms with E-state index in [9.17, 15) is 0 Å². The molecule has 3 heteroatoms. The Bertz CT molecular complexity index is 1350. The second-order valence-corrected chi connectivity index (χ2v) is 11.4. The third kappa shape index (κ3) is 4.10. The molecule has 0 saturated heterocycles. The topological polar surface area (TPSA) is 6.25 Å². The molecule has 5 rings (SSSR count). The van der Waals surface area contributed by atoms with Crippen LogP contribution in [0.25, 0.3) is 0 Å². The summed E-state index contributed by atoms with van der Waals surface area (Å²) >= 11 is 7.01. The van der Waals surface area contributed by atoms with Crippen LogP contribution in [0.4, 0.5) is 11.4 Å². The molecule has 0 amide bonds. The van der Waals surface area contributed by atoms with Gasteiger partial charge in [-0.3, -0.25) is 0 Å². The molecule has 0 spiro atoms. The van der Waals surface area contributed by atoms with Gasteiger partial charge < -0.3 is 4.90 Å². The number of benzene rings is 2. The van der Waals surface area contributed by atoms with Crippen molar-refractivity contribution in [1.29, 1.82) is 0 Å². The number of rotatable bonds is 3. The standard InChI is InChI=1S/C32H36ClN2.CH4/c1-31(2)24-14-7-9-16-26(24)34(5)28(31)20-18-22-12-11-13-23(30(22)33)19-21-29-32(3,4)25-15-8-10-17-27(25)35(29)6;/h7-10,14-21H,11-13H2,1-6H3;1H4/q+1;. The molecular weight excluding hydrogens is 460 g/mol.